The molecule has 1 N–H and O–H groups in total. The van der Waals surface area contributed by atoms with Crippen molar-refractivity contribution in [3.05, 3.63) is 140 Å². The summed E-state index contributed by atoms with van der Waals surface area (Å²) in [5.74, 6) is 0.550. The lowest BCUT2D eigenvalue weighted by atomic mass is 10.0. The number of ether oxygens (including phenoxy) is 2. The maximum atomic E-state index is 12.8. The van der Waals surface area contributed by atoms with Crippen molar-refractivity contribution in [3.63, 3.8) is 0 Å². The van der Waals surface area contributed by atoms with Gasteiger partial charge in [-0.15, -0.1) is 0 Å². The normalized spacial score (nSPS) is 11.2. The third-order valence-electron chi connectivity index (χ3n) is 6.80. The van der Waals surface area contributed by atoms with E-state index in [4.69, 9.17) is 44.3 Å². The first kappa shape index (κ1) is 30.0. The molecule has 5 aromatic rings. The lowest BCUT2D eigenvalue weighted by Gasteiger charge is -2.13. The molecule has 0 unspecified atom stereocenters. The second kappa shape index (κ2) is 13.7. The highest BCUT2D eigenvalue weighted by Crippen LogP contribution is 2.30. The molecule has 43 heavy (non-hydrogen) atoms. The Bertz CT molecular complexity index is 1880. The number of aryl methyl sites for hydroxylation is 1. The minimum atomic E-state index is -0.549. The minimum absolute atomic E-state index is 0.0752. The lowest BCUT2D eigenvalue weighted by Crippen LogP contribution is -2.13. The van der Waals surface area contributed by atoms with E-state index in [-0.39, 0.29) is 12.2 Å². The van der Waals surface area contributed by atoms with Crippen molar-refractivity contribution in [2.45, 2.75) is 20.1 Å². The van der Waals surface area contributed by atoms with Crippen LogP contribution in [-0.2, 0) is 18.0 Å². The van der Waals surface area contributed by atoms with E-state index >= 15 is 0 Å². The number of benzene rings is 5. The van der Waals surface area contributed by atoms with E-state index in [9.17, 15) is 10.1 Å². The van der Waals surface area contributed by atoms with Crippen LogP contribution in [0, 0.1) is 18.3 Å². The van der Waals surface area contributed by atoms with Gasteiger partial charge in [-0.2, -0.15) is 5.26 Å². The molecule has 0 saturated heterocycles. The second-order valence-corrected chi connectivity index (χ2v) is 11.0. The number of rotatable bonds is 9. The Kier molecular flexibility index (Phi) is 9.54. The van der Waals surface area contributed by atoms with Gasteiger partial charge in [0.15, 0.2) is 0 Å². The summed E-state index contributed by atoms with van der Waals surface area (Å²) in [5.41, 5.74) is 4.04. The van der Waals surface area contributed by atoms with Crippen LogP contribution in [0.25, 0.3) is 16.8 Å². The standard InChI is InChI=1S/C35H25Cl3N2O3/c1-22-6-8-24-4-2-3-5-30(24)31(22)21-43-34-15-7-23(17-33(34)38)16-26(19-39)35(41)40-28-11-13-29(14-12-28)42-20-25-9-10-27(36)18-32(25)37/h2-18H,20-21H2,1H3,(H,40,41)/b26-16+. The Morgan fingerprint density at radius 3 is 2.40 bits per heavy atom. The number of halogens is 3. The van der Waals surface area contributed by atoms with Crippen molar-refractivity contribution in [3.8, 4) is 17.6 Å². The van der Waals surface area contributed by atoms with Crippen molar-refractivity contribution >= 4 is 63.2 Å². The van der Waals surface area contributed by atoms with Crippen LogP contribution in [0.15, 0.2) is 103 Å². The molecule has 5 rings (SSSR count). The highest BCUT2D eigenvalue weighted by Gasteiger charge is 2.12. The number of amides is 1. The molecule has 0 saturated carbocycles. The van der Waals surface area contributed by atoms with Crippen LogP contribution >= 0.6 is 34.8 Å². The monoisotopic (exact) mass is 626 g/mol. The van der Waals surface area contributed by atoms with Gasteiger partial charge in [-0.05, 0) is 83.4 Å². The average Bonchev–Trinajstić information content (AvgIpc) is 3.00. The fourth-order valence-corrected chi connectivity index (χ4v) is 5.16. The van der Waals surface area contributed by atoms with Gasteiger partial charge >= 0.3 is 0 Å². The zero-order valence-corrected chi connectivity index (χ0v) is 25.3. The summed E-state index contributed by atoms with van der Waals surface area (Å²) < 4.78 is 11.8. The molecule has 0 aromatic heterocycles. The van der Waals surface area contributed by atoms with Gasteiger partial charge in [-0.3, -0.25) is 4.79 Å². The van der Waals surface area contributed by atoms with Gasteiger partial charge in [0.05, 0.1) is 5.02 Å². The Morgan fingerprint density at radius 2 is 1.65 bits per heavy atom. The zero-order chi connectivity index (χ0) is 30.3. The Balaban J connectivity index is 1.21. The number of anilines is 1. The van der Waals surface area contributed by atoms with E-state index in [2.05, 4.69) is 36.5 Å². The first-order valence-electron chi connectivity index (χ1n) is 13.3. The summed E-state index contributed by atoms with van der Waals surface area (Å²) in [6.07, 6.45) is 1.48. The van der Waals surface area contributed by atoms with E-state index < -0.39 is 5.91 Å². The number of carbonyl (C=O) groups is 1. The number of nitriles is 1. The van der Waals surface area contributed by atoms with Crippen LogP contribution in [0.2, 0.25) is 15.1 Å². The Morgan fingerprint density at radius 1 is 0.860 bits per heavy atom. The minimum Gasteiger partial charge on any atom is -0.489 e. The quantitative estimate of drug-likeness (QED) is 0.130. The molecule has 0 aliphatic rings. The molecule has 0 fully saturated rings. The molecule has 0 bridgehead atoms. The van der Waals surface area contributed by atoms with E-state index in [0.29, 0.717) is 44.4 Å². The van der Waals surface area contributed by atoms with Gasteiger partial charge in [0.25, 0.3) is 5.91 Å². The average molecular weight is 628 g/mol. The summed E-state index contributed by atoms with van der Waals surface area (Å²) >= 11 is 18.7. The maximum Gasteiger partial charge on any atom is 0.266 e. The second-order valence-electron chi connectivity index (χ2n) is 9.73. The molecule has 0 radical (unpaired) electrons. The van der Waals surface area contributed by atoms with E-state index in [0.717, 1.165) is 27.5 Å². The fraction of sp³-hybridized carbons (Fsp3) is 0.0857. The lowest BCUT2D eigenvalue weighted by molar-refractivity contribution is -0.112. The number of carbonyl (C=O) groups excluding carboxylic acids is 1. The van der Waals surface area contributed by atoms with Gasteiger partial charge in [-0.25, -0.2) is 0 Å². The summed E-state index contributed by atoms with van der Waals surface area (Å²) in [6, 6.07) is 31.4. The number of nitrogens with one attached hydrogen (secondary N) is 1. The third-order valence-corrected chi connectivity index (χ3v) is 7.68. The van der Waals surface area contributed by atoms with Gasteiger partial charge in [0.1, 0.15) is 36.4 Å². The number of hydrogen-bond donors (Lipinski definition) is 1. The predicted octanol–water partition coefficient (Wildman–Crippen LogP) is 9.81. The first-order valence-corrected chi connectivity index (χ1v) is 14.4. The van der Waals surface area contributed by atoms with Crippen LogP contribution in [0.1, 0.15) is 22.3 Å². The van der Waals surface area contributed by atoms with Crippen LogP contribution in [0.5, 0.6) is 11.5 Å². The van der Waals surface area contributed by atoms with Gasteiger partial charge < -0.3 is 14.8 Å². The SMILES string of the molecule is Cc1ccc2ccccc2c1COc1ccc(/C=C(\C#N)C(=O)Nc2ccc(OCc3ccc(Cl)cc3Cl)cc2)cc1Cl. The number of hydrogen-bond acceptors (Lipinski definition) is 4. The molecule has 5 aromatic carbocycles. The Hall–Kier alpha value is -4.47. The molecule has 1 amide bonds. The molecule has 214 valence electrons. The zero-order valence-electron chi connectivity index (χ0n) is 23.0. The molecular weight excluding hydrogens is 603 g/mol. The van der Waals surface area contributed by atoms with Crippen LogP contribution in [0.4, 0.5) is 5.69 Å². The van der Waals surface area contributed by atoms with Gasteiger partial charge in [0, 0.05) is 26.9 Å². The van der Waals surface area contributed by atoms with Crippen molar-refractivity contribution in [2.24, 2.45) is 0 Å². The van der Waals surface area contributed by atoms with Crippen LogP contribution in [0.3, 0.4) is 0 Å². The number of fused-ring (bicyclic) bond motifs is 1. The number of nitrogens with zero attached hydrogens (tertiary/aromatic N) is 1. The van der Waals surface area contributed by atoms with Crippen molar-refractivity contribution in [2.75, 3.05) is 5.32 Å². The molecule has 8 heteroatoms. The summed E-state index contributed by atoms with van der Waals surface area (Å²) in [4.78, 5) is 12.8. The summed E-state index contributed by atoms with van der Waals surface area (Å²) in [7, 11) is 0. The molecule has 0 aliphatic carbocycles. The molecule has 5 nitrogen and oxygen atoms in total. The van der Waals surface area contributed by atoms with E-state index in [1.54, 1.807) is 60.7 Å². The summed E-state index contributed by atoms with van der Waals surface area (Å²) in [6.45, 7) is 2.67. The van der Waals surface area contributed by atoms with Gasteiger partial charge in [-0.1, -0.05) is 83.3 Å². The largest absolute Gasteiger partial charge is 0.489 e. The molecular formula is C35H25Cl3N2O3. The molecule has 0 aliphatic heterocycles. The summed E-state index contributed by atoms with van der Waals surface area (Å²) in [5, 5.41) is 16.1. The highest BCUT2D eigenvalue weighted by molar-refractivity contribution is 6.35. The first-order chi connectivity index (χ1) is 20.8. The van der Waals surface area contributed by atoms with Crippen molar-refractivity contribution in [1.29, 1.82) is 5.26 Å². The molecule has 0 atom stereocenters. The topological polar surface area (TPSA) is 71.3 Å². The third kappa shape index (κ3) is 7.49. The Labute approximate surface area is 264 Å². The fourth-order valence-electron chi connectivity index (χ4n) is 4.46. The van der Waals surface area contributed by atoms with Gasteiger partial charge in [0.2, 0.25) is 0 Å². The predicted molar refractivity (Wildman–Crippen MR) is 174 cm³/mol. The highest BCUT2D eigenvalue weighted by atomic mass is 35.5. The molecule has 0 heterocycles. The maximum absolute atomic E-state index is 12.8. The molecule has 0 spiro atoms. The van der Waals surface area contributed by atoms with E-state index in [1.807, 2.05) is 18.2 Å². The van der Waals surface area contributed by atoms with Crippen LogP contribution in [-0.4, -0.2) is 5.91 Å². The van der Waals surface area contributed by atoms with Crippen molar-refractivity contribution < 1.29 is 14.3 Å². The van der Waals surface area contributed by atoms with Crippen molar-refractivity contribution in [1.82, 2.24) is 0 Å². The van der Waals surface area contributed by atoms with E-state index in [1.165, 1.54) is 6.08 Å². The smallest absolute Gasteiger partial charge is 0.266 e. The van der Waals surface area contributed by atoms with Crippen LogP contribution < -0.4 is 14.8 Å².